The van der Waals surface area contributed by atoms with Gasteiger partial charge in [0.15, 0.2) is 0 Å². The van der Waals surface area contributed by atoms with Crippen molar-refractivity contribution in [1.82, 2.24) is 0 Å². The average Bonchev–Trinajstić information content (AvgIpc) is 2.59. The van der Waals surface area contributed by atoms with Gasteiger partial charge in [0.2, 0.25) is 6.29 Å². The van der Waals surface area contributed by atoms with Crippen molar-refractivity contribution >= 4 is 34.1 Å². The van der Waals surface area contributed by atoms with Gasteiger partial charge >= 0.3 is 5.37 Å². The first-order valence-corrected chi connectivity index (χ1v) is 9.13. The van der Waals surface area contributed by atoms with Crippen LogP contribution in [-0.4, -0.2) is 36.4 Å². The monoisotopic (exact) mass is 360 g/mol. The highest BCUT2D eigenvalue weighted by Gasteiger charge is 2.19. The molecule has 0 aromatic heterocycles. The van der Waals surface area contributed by atoms with Crippen molar-refractivity contribution < 1.29 is 22.1 Å². The fourth-order valence-electron chi connectivity index (χ4n) is 1.75. The van der Waals surface area contributed by atoms with Crippen LogP contribution in [0.1, 0.15) is 5.56 Å². The van der Waals surface area contributed by atoms with E-state index in [1.165, 1.54) is 12.1 Å². The van der Waals surface area contributed by atoms with E-state index < -0.39 is 22.5 Å². The second-order valence-electron chi connectivity index (χ2n) is 4.53. The molecule has 1 fully saturated rings. The molecule has 1 aromatic carbocycles. The molecule has 1 unspecified atom stereocenters. The van der Waals surface area contributed by atoms with Crippen LogP contribution in [0.3, 0.4) is 0 Å². The van der Waals surface area contributed by atoms with Crippen molar-refractivity contribution in [1.29, 1.82) is 0 Å². The van der Waals surface area contributed by atoms with Gasteiger partial charge in [-0.15, -0.1) is 0 Å². The smallest absolute Gasteiger partial charge is 0.328 e. The molecule has 1 aliphatic heterocycles. The molecule has 2 rings (SSSR count). The maximum atomic E-state index is 13.1. The molecule has 0 spiro atoms. The normalized spacial score (nSPS) is 22.4. The van der Waals surface area contributed by atoms with E-state index in [4.69, 9.17) is 9.47 Å². The summed E-state index contributed by atoms with van der Waals surface area (Å²) in [4.78, 5) is -0.0411. The van der Waals surface area contributed by atoms with Crippen LogP contribution in [0.4, 0.5) is 12.7 Å². The van der Waals surface area contributed by atoms with Gasteiger partial charge in [-0.2, -0.15) is 24.4 Å². The Hall–Kier alpha value is -1.20. The quantitative estimate of drug-likeness (QED) is 0.454. The zero-order valence-electron chi connectivity index (χ0n) is 12.3. The summed E-state index contributed by atoms with van der Waals surface area (Å²) in [5, 5.41) is -1.87. The molecule has 124 valence electrons. The summed E-state index contributed by atoms with van der Waals surface area (Å²) in [6, 6.07) is 5.80. The van der Waals surface area contributed by atoms with Gasteiger partial charge in [-0.1, -0.05) is 18.1 Å². The number of hydrogen-bond donors (Lipinski definition) is 0. The summed E-state index contributed by atoms with van der Waals surface area (Å²) in [6.07, 6.45) is 4.79. The Morgan fingerprint density at radius 2 is 1.91 bits per heavy atom. The Morgan fingerprint density at radius 1 is 1.26 bits per heavy atom. The van der Waals surface area contributed by atoms with Crippen molar-refractivity contribution in [2.24, 2.45) is 0 Å². The highest BCUT2D eigenvalue weighted by molar-refractivity contribution is 8.11. The summed E-state index contributed by atoms with van der Waals surface area (Å²) in [6.45, 7) is 1.22. The van der Waals surface area contributed by atoms with E-state index in [-0.39, 0.29) is 4.90 Å². The summed E-state index contributed by atoms with van der Waals surface area (Å²) >= 11 is 1.69. The number of ether oxygens (including phenoxy) is 2. The molecule has 0 N–H and O–H groups in total. The number of benzene rings is 1. The molecule has 1 atom stereocenters. The molecular formula is C16H15F3O2S2. The number of thioether (sulfide) groups is 1. The van der Waals surface area contributed by atoms with Crippen molar-refractivity contribution in [2.45, 2.75) is 16.4 Å². The minimum absolute atomic E-state index is 0.0411. The largest absolute Gasteiger partial charge is 0.341 e. The van der Waals surface area contributed by atoms with Crippen molar-refractivity contribution in [3.63, 3.8) is 0 Å². The van der Waals surface area contributed by atoms with Gasteiger partial charge in [-0.3, -0.25) is 0 Å². The minimum atomic E-state index is -2.61. The first kappa shape index (κ1) is 18.1. The second-order valence-corrected chi connectivity index (χ2v) is 6.96. The first-order chi connectivity index (χ1) is 11.1. The third-order valence-electron chi connectivity index (χ3n) is 2.98. The lowest BCUT2D eigenvalue weighted by Crippen LogP contribution is -2.32. The van der Waals surface area contributed by atoms with Gasteiger partial charge in [0, 0.05) is 4.90 Å². The van der Waals surface area contributed by atoms with Gasteiger partial charge in [-0.25, -0.2) is 0 Å². The van der Waals surface area contributed by atoms with Gasteiger partial charge in [-0.05, 0) is 42.0 Å². The zero-order chi connectivity index (χ0) is 16.7. The molecule has 0 saturated carbocycles. The van der Waals surface area contributed by atoms with Crippen LogP contribution in [0.25, 0.3) is 6.08 Å². The SMILES string of the molecule is CSC1COC(C#C/C=C/c2ccc(S(F)=C(F)F)cc2)OC1. The standard InChI is InChI=1S/C16H15F3O2S2/c1-22-13-10-20-15(21-11-13)5-3-2-4-12-6-8-14(9-7-12)23(19)16(17)18/h2,4,6-9,13,15H,10-11H2,1H3/b4-2+. The lowest BCUT2D eigenvalue weighted by molar-refractivity contribution is -0.140. The van der Waals surface area contributed by atoms with E-state index in [0.29, 0.717) is 18.5 Å². The van der Waals surface area contributed by atoms with Crippen LogP contribution in [0.5, 0.6) is 0 Å². The topological polar surface area (TPSA) is 18.5 Å². The Balaban J connectivity index is 1.89. The molecule has 0 radical (unpaired) electrons. The zero-order valence-corrected chi connectivity index (χ0v) is 13.9. The summed E-state index contributed by atoms with van der Waals surface area (Å²) < 4.78 is 48.4. The fraction of sp³-hybridized carbons (Fsp3) is 0.312. The van der Waals surface area contributed by atoms with Crippen LogP contribution in [0, 0.1) is 11.8 Å². The van der Waals surface area contributed by atoms with E-state index in [1.807, 2.05) is 6.26 Å². The molecule has 23 heavy (non-hydrogen) atoms. The number of rotatable bonds is 3. The molecule has 1 saturated heterocycles. The molecule has 1 aliphatic rings. The van der Waals surface area contributed by atoms with Crippen molar-refractivity contribution in [3.8, 4) is 11.8 Å². The summed E-state index contributed by atoms with van der Waals surface area (Å²) in [7, 11) is -2.61. The van der Waals surface area contributed by atoms with E-state index in [1.54, 1.807) is 36.0 Å². The predicted molar refractivity (Wildman–Crippen MR) is 90.4 cm³/mol. The lowest BCUT2D eigenvalue weighted by Gasteiger charge is -2.24. The summed E-state index contributed by atoms with van der Waals surface area (Å²) in [5.41, 5.74) is 0.743. The molecular weight excluding hydrogens is 345 g/mol. The van der Waals surface area contributed by atoms with Crippen LogP contribution in [-0.2, 0) is 9.47 Å². The Bertz CT molecular complexity index is 636. The Labute approximate surface area is 140 Å². The molecule has 0 bridgehead atoms. The average molecular weight is 360 g/mol. The van der Waals surface area contributed by atoms with Gasteiger partial charge in [0.05, 0.1) is 29.3 Å². The van der Waals surface area contributed by atoms with E-state index in [0.717, 1.165) is 5.56 Å². The van der Waals surface area contributed by atoms with Crippen LogP contribution in [0.2, 0.25) is 0 Å². The van der Waals surface area contributed by atoms with Crippen molar-refractivity contribution in [3.05, 3.63) is 35.9 Å². The second kappa shape index (κ2) is 9.18. The fourth-order valence-corrected chi connectivity index (χ4v) is 2.73. The van der Waals surface area contributed by atoms with E-state index in [2.05, 4.69) is 11.8 Å². The maximum Gasteiger partial charge on any atom is 0.328 e. The van der Waals surface area contributed by atoms with Gasteiger partial charge in [0.1, 0.15) is 0 Å². The van der Waals surface area contributed by atoms with E-state index >= 15 is 0 Å². The highest BCUT2D eigenvalue weighted by atomic mass is 32.2. The van der Waals surface area contributed by atoms with Gasteiger partial charge < -0.3 is 9.47 Å². The maximum absolute atomic E-state index is 13.1. The van der Waals surface area contributed by atoms with Crippen LogP contribution in [0.15, 0.2) is 35.2 Å². The molecule has 7 heteroatoms. The molecule has 0 amide bonds. The van der Waals surface area contributed by atoms with E-state index in [9.17, 15) is 12.7 Å². The third kappa shape index (κ3) is 5.74. The molecule has 0 aliphatic carbocycles. The van der Waals surface area contributed by atoms with Crippen LogP contribution >= 0.6 is 22.6 Å². The number of allylic oxidation sites excluding steroid dienone is 1. The van der Waals surface area contributed by atoms with Gasteiger partial charge in [0.25, 0.3) is 0 Å². The third-order valence-corrected chi connectivity index (χ3v) is 4.88. The number of halogens is 3. The Kier molecular flexibility index (Phi) is 7.24. The predicted octanol–water partition coefficient (Wildman–Crippen LogP) is 4.35. The molecule has 1 heterocycles. The molecule has 1 aromatic rings. The lowest BCUT2D eigenvalue weighted by atomic mass is 10.2. The summed E-state index contributed by atoms with van der Waals surface area (Å²) in [5.74, 6) is 5.64. The minimum Gasteiger partial charge on any atom is -0.341 e. The number of hydrogen-bond acceptors (Lipinski definition) is 3. The first-order valence-electron chi connectivity index (χ1n) is 6.72. The van der Waals surface area contributed by atoms with Crippen LogP contribution < -0.4 is 0 Å². The molecule has 2 nitrogen and oxygen atoms in total. The Morgan fingerprint density at radius 3 is 2.48 bits per heavy atom. The highest BCUT2D eigenvalue weighted by Crippen LogP contribution is 2.30. The van der Waals surface area contributed by atoms with Crippen molar-refractivity contribution in [2.75, 3.05) is 19.5 Å².